The van der Waals surface area contributed by atoms with E-state index < -0.39 is 46.7 Å². The fourth-order valence-corrected chi connectivity index (χ4v) is 5.78. The van der Waals surface area contributed by atoms with Crippen molar-refractivity contribution in [2.45, 2.75) is 61.3 Å². The summed E-state index contributed by atoms with van der Waals surface area (Å²) >= 11 is 0. The Bertz CT molecular complexity index is 1260. The van der Waals surface area contributed by atoms with Crippen molar-refractivity contribution >= 4 is 16.7 Å². The highest BCUT2D eigenvalue weighted by Gasteiger charge is 2.57. The van der Waals surface area contributed by atoms with Gasteiger partial charge in [0.15, 0.2) is 16.9 Å². The van der Waals surface area contributed by atoms with Crippen LogP contribution in [0, 0.1) is 5.82 Å². The Kier molecular flexibility index (Phi) is 8.12. The predicted molar refractivity (Wildman–Crippen MR) is 122 cm³/mol. The molecule has 0 fully saturated rings. The first-order valence-electron chi connectivity index (χ1n) is 11.5. The van der Waals surface area contributed by atoms with Crippen LogP contribution in [0.1, 0.15) is 41.7 Å². The Morgan fingerprint density at radius 1 is 1.03 bits per heavy atom. The Hall–Kier alpha value is -3.00. The van der Waals surface area contributed by atoms with Crippen molar-refractivity contribution in [1.29, 1.82) is 0 Å². The van der Waals surface area contributed by atoms with E-state index in [9.17, 15) is 34.9 Å². The van der Waals surface area contributed by atoms with Crippen LogP contribution in [0.4, 0.5) is 36.4 Å². The number of alkyl halides is 6. The molecule has 206 valence electrons. The standard InChI is InChI=1S/C24H22F7N3O3S/c25-16-5-8-18(9-6-16)38(36)34-17(13-21-33-32-20(37-21)2-1-11-35)7-3-14-12-15(4-10-19(14)34)22(23(26,27)28)24(29,30)31/h4-6,8-10,12,17,22,35H,1-3,7,11,13H2/t17-,38?/m0/s1. The molecule has 1 N–H and O–H groups in total. The number of hydrogen-bond acceptors (Lipinski definition) is 5. The van der Waals surface area contributed by atoms with Gasteiger partial charge in [0.05, 0.1) is 16.6 Å². The first-order valence-corrected chi connectivity index (χ1v) is 12.6. The van der Waals surface area contributed by atoms with Gasteiger partial charge in [-0.15, -0.1) is 10.2 Å². The summed E-state index contributed by atoms with van der Waals surface area (Å²) in [5, 5.41) is 16.8. The smallest absolute Gasteiger partial charge is 0.404 e. The number of rotatable bonds is 8. The van der Waals surface area contributed by atoms with E-state index in [2.05, 4.69) is 10.2 Å². The molecule has 6 nitrogen and oxygen atoms in total. The fraction of sp³-hybridized carbons (Fsp3) is 0.417. The van der Waals surface area contributed by atoms with Gasteiger partial charge < -0.3 is 9.52 Å². The molecule has 3 aromatic rings. The quantitative estimate of drug-likeness (QED) is 0.369. The Labute approximate surface area is 215 Å². The lowest BCUT2D eigenvalue weighted by atomic mass is 9.90. The lowest BCUT2D eigenvalue weighted by Gasteiger charge is -2.37. The second-order valence-electron chi connectivity index (χ2n) is 8.75. The second kappa shape index (κ2) is 11.0. The Morgan fingerprint density at radius 3 is 2.32 bits per heavy atom. The van der Waals surface area contributed by atoms with Crippen LogP contribution in [-0.4, -0.2) is 44.5 Å². The molecule has 2 aromatic carbocycles. The van der Waals surface area contributed by atoms with Crippen molar-refractivity contribution in [2.24, 2.45) is 0 Å². The van der Waals surface area contributed by atoms with Crippen LogP contribution >= 0.6 is 0 Å². The van der Waals surface area contributed by atoms with E-state index in [0.717, 1.165) is 30.3 Å². The number of anilines is 1. The topological polar surface area (TPSA) is 79.5 Å². The number of aryl methyl sites for hydroxylation is 2. The summed E-state index contributed by atoms with van der Waals surface area (Å²) in [4.78, 5) is 0.186. The van der Waals surface area contributed by atoms with Crippen LogP contribution < -0.4 is 4.31 Å². The molecule has 0 amide bonds. The van der Waals surface area contributed by atoms with Gasteiger partial charge in [0, 0.05) is 19.4 Å². The van der Waals surface area contributed by atoms with Gasteiger partial charge in [0.25, 0.3) is 0 Å². The predicted octanol–water partition coefficient (Wildman–Crippen LogP) is 5.43. The fourth-order valence-electron chi connectivity index (χ4n) is 4.38. The lowest BCUT2D eigenvalue weighted by Crippen LogP contribution is -2.42. The van der Waals surface area contributed by atoms with Crippen LogP contribution in [0.25, 0.3) is 0 Å². The first kappa shape index (κ1) is 28.0. The minimum Gasteiger partial charge on any atom is -0.425 e. The molecule has 0 saturated heterocycles. The van der Waals surface area contributed by atoms with Gasteiger partial charge in [0.2, 0.25) is 11.8 Å². The summed E-state index contributed by atoms with van der Waals surface area (Å²) in [5.74, 6) is -3.76. The van der Waals surface area contributed by atoms with Crippen LogP contribution in [0.15, 0.2) is 51.8 Å². The van der Waals surface area contributed by atoms with Crippen LogP contribution in [0.5, 0.6) is 0 Å². The third-order valence-electron chi connectivity index (χ3n) is 6.07. The second-order valence-corrected chi connectivity index (χ2v) is 10.1. The highest BCUT2D eigenvalue weighted by Crippen LogP contribution is 2.48. The average Bonchev–Trinajstić information content (AvgIpc) is 3.28. The molecule has 2 atom stereocenters. The molecular weight excluding hydrogens is 543 g/mol. The number of aromatic nitrogens is 2. The normalized spacial score (nSPS) is 17.1. The zero-order chi connectivity index (χ0) is 27.7. The molecule has 0 spiro atoms. The summed E-state index contributed by atoms with van der Waals surface area (Å²) in [6.07, 6.45) is -9.95. The van der Waals surface area contributed by atoms with E-state index in [-0.39, 0.29) is 53.8 Å². The summed E-state index contributed by atoms with van der Waals surface area (Å²) in [5.41, 5.74) is -0.599. The van der Waals surface area contributed by atoms with E-state index in [0.29, 0.717) is 12.8 Å². The number of aliphatic hydroxyl groups is 1. The molecule has 14 heteroatoms. The molecule has 38 heavy (non-hydrogen) atoms. The van der Waals surface area contributed by atoms with Gasteiger partial charge in [-0.1, -0.05) is 12.1 Å². The van der Waals surface area contributed by atoms with E-state index in [4.69, 9.17) is 9.52 Å². The monoisotopic (exact) mass is 565 g/mol. The maximum absolute atomic E-state index is 13.6. The van der Waals surface area contributed by atoms with Crippen molar-refractivity contribution in [3.05, 3.63) is 71.2 Å². The number of benzene rings is 2. The minimum absolute atomic E-state index is 0.0763. The summed E-state index contributed by atoms with van der Waals surface area (Å²) in [6, 6.07) is 6.88. The molecule has 1 aliphatic heterocycles. The van der Waals surface area contributed by atoms with Crippen molar-refractivity contribution in [3.63, 3.8) is 0 Å². The first-order chi connectivity index (χ1) is 17.9. The Balaban J connectivity index is 1.72. The molecular formula is C24H22F7N3O3S. The highest BCUT2D eigenvalue weighted by molar-refractivity contribution is 7.86. The van der Waals surface area contributed by atoms with E-state index >= 15 is 0 Å². The number of halogens is 7. The lowest BCUT2D eigenvalue weighted by molar-refractivity contribution is -0.253. The third-order valence-corrected chi connectivity index (χ3v) is 7.60. The number of fused-ring (bicyclic) bond motifs is 1. The maximum Gasteiger partial charge on any atom is 0.404 e. The minimum atomic E-state index is -5.55. The van der Waals surface area contributed by atoms with Crippen molar-refractivity contribution in [2.75, 3.05) is 10.9 Å². The molecule has 0 aliphatic carbocycles. The van der Waals surface area contributed by atoms with Crippen LogP contribution in [0.3, 0.4) is 0 Å². The molecule has 1 aliphatic rings. The number of hydrogen-bond donors (Lipinski definition) is 1. The zero-order valence-corrected chi connectivity index (χ0v) is 20.4. The summed E-state index contributed by atoms with van der Waals surface area (Å²) in [7, 11) is -1.99. The van der Waals surface area contributed by atoms with E-state index in [1.54, 1.807) is 0 Å². The maximum atomic E-state index is 13.6. The van der Waals surface area contributed by atoms with Crippen molar-refractivity contribution < 1.29 is 44.5 Å². The Morgan fingerprint density at radius 2 is 1.68 bits per heavy atom. The number of aliphatic hydroxyl groups excluding tert-OH is 1. The SMILES string of the molecule is O=S(c1ccc(F)cc1)N1c2ccc(C(C(F)(F)F)C(F)(F)F)cc2CC[C@H]1Cc1nnc(CCCO)o1. The van der Waals surface area contributed by atoms with E-state index in [1.165, 1.54) is 16.4 Å². The molecule has 0 bridgehead atoms. The van der Waals surface area contributed by atoms with Gasteiger partial charge in [-0.25, -0.2) is 8.60 Å². The number of nitrogens with zero attached hydrogens (tertiary/aromatic N) is 3. The summed E-state index contributed by atoms with van der Waals surface area (Å²) < 4.78 is 114. The van der Waals surface area contributed by atoms with Gasteiger partial charge >= 0.3 is 12.4 Å². The third kappa shape index (κ3) is 6.17. The van der Waals surface area contributed by atoms with E-state index in [1.807, 2.05) is 0 Å². The van der Waals surface area contributed by atoms with Crippen molar-refractivity contribution in [3.8, 4) is 0 Å². The van der Waals surface area contributed by atoms with Crippen molar-refractivity contribution in [1.82, 2.24) is 10.2 Å². The molecule has 4 rings (SSSR count). The highest BCUT2D eigenvalue weighted by atomic mass is 32.2. The molecule has 2 heterocycles. The van der Waals surface area contributed by atoms with Crippen LogP contribution in [0.2, 0.25) is 0 Å². The molecule has 0 saturated carbocycles. The van der Waals surface area contributed by atoms with Gasteiger partial charge in [0.1, 0.15) is 5.82 Å². The van der Waals surface area contributed by atoms with Gasteiger partial charge in [-0.3, -0.25) is 4.31 Å². The molecule has 1 unspecified atom stereocenters. The van der Waals surface area contributed by atoms with Crippen LogP contribution in [-0.2, 0) is 30.2 Å². The molecule has 1 aromatic heterocycles. The summed E-state index contributed by atoms with van der Waals surface area (Å²) in [6.45, 7) is -0.0763. The van der Waals surface area contributed by atoms with Gasteiger partial charge in [-0.05, 0) is 60.7 Å². The zero-order valence-electron chi connectivity index (χ0n) is 19.6. The molecule has 0 radical (unpaired) electrons. The van der Waals surface area contributed by atoms with Gasteiger partial charge in [-0.2, -0.15) is 26.3 Å². The largest absolute Gasteiger partial charge is 0.425 e. The average molecular weight is 566 g/mol.